The smallest absolute Gasteiger partial charge is 0.338 e. The number of nitrogens with two attached hydrogens (primary N) is 1. The van der Waals surface area contributed by atoms with Crippen LogP contribution >= 0.6 is 15.9 Å². The Balaban J connectivity index is 2.66. The molecule has 2 N–H and O–H groups in total. The third kappa shape index (κ3) is 3.40. The van der Waals surface area contributed by atoms with E-state index in [1.807, 2.05) is 31.2 Å². The summed E-state index contributed by atoms with van der Waals surface area (Å²) in [5.74, 6) is -0.623. The predicted octanol–water partition coefficient (Wildman–Crippen LogP) is 3.48. The van der Waals surface area contributed by atoms with Crippen molar-refractivity contribution in [3.63, 3.8) is 0 Å². The maximum Gasteiger partial charge on any atom is 0.338 e. The Bertz CT molecular complexity index is 732. The van der Waals surface area contributed by atoms with E-state index in [0.29, 0.717) is 17.8 Å². The Kier molecular flexibility index (Phi) is 5.45. The Morgan fingerprint density at radius 3 is 2.78 bits per heavy atom. The number of carbonyl (C=O) groups excluding carboxylic acids is 1. The zero-order chi connectivity index (χ0) is 17.0. The summed E-state index contributed by atoms with van der Waals surface area (Å²) in [6.07, 6.45) is 0.470. The van der Waals surface area contributed by atoms with Crippen LogP contribution in [0.1, 0.15) is 31.7 Å². The molecule has 1 heterocycles. The summed E-state index contributed by atoms with van der Waals surface area (Å²) in [6.45, 7) is 3.83. The molecule has 1 aliphatic heterocycles. The highest BCUT2D eigenvalue weighted by Crippen LogP contribution is 2.40. The van der Waals surface area contributed by atoms with Crippen LogP contribution in [0.3, 0.4) is 0 Å². The van der Waals surface area contributed by atoms with E-state index in [1.165, 1.54) is 0 Å². The zero-order valence-corrected chi connectivity index (χ0v) is 14.5. The molecule has 0 radical (unpaired) electrons. The van der Waals surface area contributed by atoms with Crippen molar-refractivity contribution in [2.24, 2.45) is 5.73 Å². The van der Waals surface area contributed by atoms with Crippen molar-refractivity contribution < 1.29 is 14.3 Å². The summed E-state index contributed by atoms with van der Waals surface area (Å²) in [7, 11) is 0. The maximum atomic E-state index is 12.5. The molecule has 0 bridgehead atoms. The summed E-state index contributed by atoms with van der Waals surface area (Å²) in [4.78, 5) is 12.5. The summed E-state index contributed by atoms with van der Waals surface area (Å²) in [6, 6.07) is 9.48. The lowest BCUT2D eigenvalue weighted by atomic mass is 9.82. The number of nitrogens with zero attached hydrogens (tertiary/aromatic N) is 1. The molecule has 0 aromatic heterocycles. The van der Waals surface area contributed by atoms with Gasteiger partial charge in [0.25, 0.3) is 0 Å². The van der Waals surface area contributed by atoms with Gasteiger partial charge in [0.05, 0.1) is 18.1 Å². The monoisotopic (exact) mass is 376 g/mol. The lowest BCUT2D eigenvalue weighted by molar-refractivity contribution is -0.139. The standard InChI is InChI=1S/C17H17BrN2O3/c1-3-13-15(17(21)22-4-2)14(12(9-19)16(20)23-13)10-6-5-7-11(18)8-10/h5-8,14H,3-4,20H2,1-2H3/t14-/m1/s1. The van der Waals surface area contributed by atoms with Crippen LogP contribution in [-0.4, -0.2) is 12.6 Å². The van der Waals surface area contributed by atoms with Crippen molar-refractivity contribution in [3.05, 3.63) is 57.1 Å². The van der Waals surface area contributed by atoms with Gasteiger partial charge in [0.15, 0.2) is 0 Å². The van der Waals surface area contributed by atoms with Gasteiger partial charge >= 0.3 is 5.97 Å². The molecule has 1 aromatic rings. The summed E-state index contributed by atoms with van der Waals surface area (Å²) in [5.41, 5.74) is 7.21. The quantitative estimate of drug-likeness (QED) is 0.812. The van der Waals surface area contributed by atoms with Crippen LogP contribution < -0.4 is 5.73 Å². The number of benzene rings is 1. The number of ether oxygens (including phenoxy) is 2. The second-order valence-corrected chi connectivity index (χ2v) is 5.81. The van der Waals surface area contributed by atoms with E-state index in [4.69, 9.17) is 15.2 Å². The highest BCUT2D eigenvalue weighted by Gasteiger charge is 2.37. The molecule has 0 amide bonds. The van der Waals surface area contributed by atoms with Gasteiger partial charge in [-0.3, -0.25) is 0 Å². The van der Waals surface area contributed by atoms with Gasteiger partial charge in [-0.15, -0.1) is 0 Å². The molecule has 23 heavy (non-hydrogen) atoms. The Morgan fingerprint density at radius 2 is 2.22 bits per heavy atom. The SMILES string of the molecule is CCOC(=O)C1=C(CC)OC(N)=C(C#N)[C@H]1c1cccc(Br)c1. The molecule has 0 spiro atoms. The number of hydrogen-bond acceptors (Lipinski definition) is 5. The lowest BCUT2D eigenvalue weighted by Gasteiger charge is -2.27. The minimum Gasteiger partial charge on any atom is -0.463 e. The molecular formula is C17H17BrN2O3. The molecule has 0 saturated heterocycles. The number of allylic oxidation sites excluding steroid dienone is 2. The van der Waals surface area contributed by atoms with Gasteiger partial charge in [-0.25, -0.2) is 4.79 Å². The number of halogens is 1. The molecule has 0 fully saturated rings. The lowest BCUT2D eigenvalue weighted by Crippen LogP contribution is -2.26. The Morgan fingerprint density at radius 1 is 1.48 bits per heavy atom. The van der Waals surface area contributed by atoms with E-state index in [9.17, 15) is 10.1 Å². The predicted molar refractivity (Wildman–Crippen MR) is 88.7 cm³/mol. The minimum atomic E-state index is -0.597. The van der Waals surface area contributed by atoms with Crippen molar-refractivity contribution in [2.75, 3.05) is 6.61 Å². The second kappa shape index (κ2) is 7.34. The molecule has 1 atom stereocenters. The van der Waals surface area contributed by atoms with Crippen LogP contribution in [-0.2, 0) is 14.3 Å². The number of carbonyl (C=O) groups is 1. The first-order valence-corrected chi connectivity index (χ1v) is 8.05. The van der Waals surface area contributed by atoms with Crippen LogP contribution in [0, 0.1) is 11.3 Å². The molecule has 1 aromatic carbocycles. The molecule has 1 aliphatic rings. The van der Waals surface area contributed by atoms with Gasteiger partial charge in [-0.2, -0.15) is 5.26 Å². The van der Waals surface area contributed by atoms with E-state index in [2.05, 4.69) is 22.0 Å². The van der Waals surface area contributed by atoms with E-state index >= 15 is 0 Å². The highest BCUT2D eigenvalue weighted by molar-refractivity contribution is 9.10. The third-order valence-corrected chi connectivity index (χ3v) is 3.99. The number of rotatable bonds is 4. The fourth-order valence-corrected chi connectivity index (χ4v) is 2.95. The fraction of sp³-hybridized carbons (Fsp3) is 0.294. The van der Waals surface area contributed by atoms with Crippen molar-refractivity contribution >= 4 is 21.9 Å². The van der Waals surface area contributed by atoms with Gasteiger partial charge in [0.1, 0.15) is 17.4 Å². The van der Waals surface area contributed by atoms with Crippen molar-refractivity contribution in [1.82, 2.24) is 0 Å². The van der Waals surface area contributed by atoms with E-state index in [-0.39, 0.29) is 18.1 Å². The van der Waals surface area contributed by atoms with E-state index in [0.717, 1.165) is 10.0 Å². The first-order valence-electron chi connectivity index (χ1n) is 7.26. The number of esters is 1. The average molecular weight is 377 g/mol. The van der Waals surface area contributed by atoms with Gasteiger partial charge in [-0.05, 0) is 24.6 Å². The molecule has 5 nitrogen and oxygen atoms in total. The average Bonchev–Trinajstić information content (AvgIpc) is 2.53. The van der Waals surface area contributed by atoms with Gasteiger partial charge in [0, 0.05) is 10.9 Å². The molecule has 0 aliphatic carbocycles. The maximum absolute atomic E-state index is 12.5. The topological polar surface area (TPSA) is 85.3 Å². The third-order valence-electron chi connectivity index (χ3n) is 3.50. The van der Waals surface area contributed by atoms with E-state index < -0.39 is 11.9 Å². The molecule has 0 saturated carbocycles. The van der Waals surface area contributed by atoms with Crippen molar-refractivity contribution in [2.45, 2.75) is 26.2 Å². The number of hydrogen-bond donors (Lipinski definition) is 1. The van der Waals surface area contributed by atoms with Crippen LogP contribution in [0.25, 0.3) is 0 Å². The van der Waals surface area contributed by atoms with Crippen LogP contribution in [0.15, 0.2) is 51.5 Å². The van der Waals surface area contributed by atoms with Crippen molar-refractivity contribution in [3.8, 4) is 6.07 Å². The summed E-state index contributed by atoms with van der Waals surface area (Å²) in [5, 5.41) is 9.50. The van der Waals surface area contributed by atoms with E-state index in [1.54, 1.807) is 6.92 Å². The Labute approximate surface area is 143 Å². The molecule has 120 valence electrons. The molecule has 0 unspecified atom stereocenters. The summed E-state index contributed by atoms with van der Waals surface area (Å²) < 4.78 is 11.5. The van der Waals surface area contributed by atoms with Crippen LogP contribution in [0.2, 0.25) is 0 Å². The van der Waals surface area contributed by atoms with Gasteiger partial charge in [0.2, 0.25) is 5.88 Å². The normalized spacial score (nSPS) is 17.6. The Hall–Kier alpha value is -2.26. The highest BCUT2D eigenvalue weighted by atomic mass is 79.9. The number of nitriles is 1. The minimum absolute atomic E-state index is 0.0300. The first-order chi connectivity index (χ1) is 11.0. The van der Waals surface area contributed by atoms with Crippen molar-refractivity contribution in [1.29, 1.82) is 5.26 Å². The summed E-state index contributed by atoms with van der Waals surface area (Å²) >= 11 is 3.41. The van der Waals surface area contributed by atoms with Gasteiger partial charge in [-0.1, -0.05) is 35.0 Å². The zero-order valence-electron chi connectivity index (χ0n) is 12.9. The molecule has 2 rings (SSSR count). The second-order valence-electron chi connectivity index (χ2n) is 4.89. The van der Waals surface area contributed by atoms with Crippen LogP contribution in [0.5, 0.6) is 0 Å². The molecule has 6 heteroatoms. The molecular weight excluding hydrogens is 360 g/mol. The fourth-order valence-electron chi connectivity index (χ4n) is 2.53. The first kappa shape index (κ1) is 17.1. The van der Waals surface area contributed by atoms with Gasteiger partial charge < -0.3 is 15.2 Å². The largest absolute Gasteiger partial charge is 0.463 e. The van der Waals surface area contributed by atoms with Crippen LogP contribution in [0.4, 0.5) is 0 Å².